The van der Waals surface area contributed by atoms with Gasteiger partial charge < -0.3 is 15.1 Å². The van der Waals surface area contributed by atoms with Gasteiger partial charge in [-0.15, -0.1) is 0 Å². The van der Waals surface area contributed by atoms with Crippen LogP contribution in [0.4, 0.5) is 4.79 Å². The molecule has 3 heterocycles. The second-order valence-electron chi connectivity index (χ2n) is 5.54. The van der Waals surface area contributed by atoms with Gasteiger partial charge in [0.1, 0.15) is 11.8 Å². The van der Waals surface area contributed by atoms with Crippen LogP contribution in [-0.4, -0.2) is 53.0 Å². The zero-order valence-corrected chi connectivity index (χ0v) is 12.0. The van der Waals surface area contributed by atoms with E-state index in [2.05, 4.69) is 10.3 Å². The van der Waals surface area contributed by atoms with Crippen molar-refractivity contribution >= 4 is 6.03 Å². The number of carbonyl (C=O) groups excluding carboxylic acids is 1. The molecule has 2 fully saturated rings. The lowest BCUT2D eigenvalue weighted by molar-refractivity contribution is 0.165. The molecule has 0 unspecified atom stereocenters. The Balaban J connectivity index is 1.64. The second kappa shape index (κ2) is 6.10. The summed E-state index contributed by atoms with van der Waals surface area (Å²) in [7, 11) is 0. The Morgan fingerprint density at radius 3 is 2.95 bits per heavy atom. The van der Waals surface area contributed by atoms with Crippen LogP contribution in [0.5, 0.6) is 0 Å². The van der Waals surface area contributed by atoms with Crippen molar-refractivity contribution in [3.8, 4) is 6.07 Å². The maximum Gasteiger partial charge on any atom is 0.320 e. The Morgan fingerprint density at radius 1 is 1.38 bits per heavy atom. The number of nitriles is 1. The van der Waals surface area contributed by atoms with Crippen LogP contribution >= 0.6 is 0 Å². The quantitative estimate of drug-likeness (QED) is 0.897. The summed E-state index contributed by atoms with van der Waals surface area (Å²) in [4.78, 5) is 20.3. The maximum atomic E-state index is 12.5. The van der Waals surface area contributed by atoms with Crippen LogP contribution in [0, 0.1) is 11.3 Å². The van der Waals surface area contributed by atoms with E-state index >= 15 is 0 Å². The van der Waals surface area contributed by atoms with Gasteiger partial charge in [0.15, 0.2) is 0 Å². The van der Waals surface area contributed by atoms with Gasteiger partial charge in [-0.3, -0.25) is 0 Å². The van der Waals surface area contributed by atoms with E-state index in [-0.39, 0.29) is 6.03 Å². The number of nitrogens with zero attached hydrogens (tertiary/aromatic N) is 4. The van der Waals surface area contributed by atoms with Crippen LogP contribution < -0.4 is 5.32 Å². The summed E-state index contributed by atoms with van der Waals surface area (Å²) in [6.45, 7) is 4.10. The maximum absolute atomic E-state index is 12.5. The molecule has 3 rings (SSSR count). The van der Waals surface area contributed by atoms with Gasteiger partial charge in [-0.2, -0.15) is 5.26 Å². The van der Waals surface area contributed by atoms with Crippen LogP contribution in [0.1, 0.15) is 24.1 Å². The summed E-state index contributed by atoms with van der Waals surface area (Å²) in [6, 6.07) is 6.14. The smallest absolute Gasteiger partial charge is 0.320 e. The molecule has 2 amide bonds. The van der Waals surface area contributed by atoms with Gasteiger partial charge in [0, 0.05) is 31.9 Å². The van der Waals surface area contributed by atoms with Gasteiger partial charge in [-0.1, -0.05) is 0 Å². The summed E-state index contributed by atoms with van der Waals surface area (Å²) < 4.78 is 0. The molecule has 0 saturated carbocycles. The SMILES string of the molecule is N#Cc1cc(CN2CCN(C3CCNCC3)C2=O)ccn1. The standard InChI is InChI=1S/C15H19N5O/c16-10-13-9-12(1-6-18-13)11-19-7-8-20(15(19)21)14-2-4-17-5-3-14/h1,6,9,14,17H,2-5,7-8,11H2. The fourth-order valence-electron chi connectivity index (χ4n) is 3.06. The van der Waals surface area contributed by atoms with Crippen molar-refractivity contribution < 1.29 is 4.79 Å². The number of rotatable bonds is 3. The van der Waals surface area contributed by atoms with Gasteiger partial charge in [0.25, 0.3) is 0 Å². The fourth-order valence-corrected chi connectivity index (χ4v) is 3.06. The van der Waals surface area contributed by atoms with E-state index in [0.717, 1.165) is 44.6 Å². The Kier molecular flexibility index (Phi) is 4.02. The molecule has 1 N–H and O–H groups in total. The largest absolute Gasteiger partial charge is 0.320 e. The monoisotopic (exact) mass is 285 g/mol. The first kappa shape index (κ1) is 13.8. The number of nitrogens with one attached hydrogen (secondary N) is 1. The Morgan fingerprint density at radius 2 is 2.19 bits per heavy atom. The summed E-state index contributed by atoms with van der Waals surface area (Å²) in [6.07, 6.45) is 3.69. The molecular formula is C15H19N5O. The van der Waals surface area contributed by atoms with Gasteiger partial charge in [-0.05, 0) is 43.6 Å². The molecule has 0 radical (unpaired) electrons. The van der Waals surface area contributed by atoms with E-state index in [1.54, 1.807) is 12.3 Å². The van der Waals surface area contributed by atoms with Crippen molar-refractivity contribution in [3.05, 3.63) is 29.6 Å². The van der Waals surface area contributed by atoms with Crippen molar-refractivity contribution in [3.63, 3.8) is 0 Å². The van der Waals surface area contributed by atoms with Crippen LogP contribution in [0.25, 0.3) is 0 Å². The minimum Gasteiger partial charge on any atom is -0.320 e. The van der Waals surface area contributed by atoms with Gasteiger partial charge in [-0.25, -0.2) is 9.78 Å². The lowest BCUT2D eigenvalue weighted by Crippen LogP contribution is -2.45. The van der Waals surface area contributed by atoms with E-state index in [1.807, 2.05) is 21.9 Å². The highest BCUT2D eigenvalue weighted by Crippen LogP contribution is 2.20. The minimum absolute atomic E-state index is 0.122. The molecule has 0 spiro atoms. The third-order valence-corrected chi connectivity index (χ3v) is 4.19. The molecule has 6 nitrogen and oxygen atoms in total. The zero-order valence-electron chi connectivity index (χ0n) is 12.0. The Bertz CT molecular complexity index is 561. The van der Waals surface area contributed by atoms with Gasteiger partial charge >= 0.3 is 6.03 Å². The predicted molar refractivity (Wildman–Crippen MR) is 77.4 cm³/mol. The molecule has 2 aliphatic rings. The summed E-state index contributed by atoms with van der Waals surface area (Å²) >= 11 is 0. The van der Waals surface area contributed by atoms with Crippen LogP contribution in [0.2, 0.25) is 0 Å². The average Bonchev–Trinajstić information content (AvgIpc) is 2.89. The van der Waals surface area contributed by atoms with E-state index in [0.29, 0.717) is 18.3 Å². The van der Waals surface area contributed by atoms with Crippen LogP contribution in [0.3, 0.4) is 0 Å². The molecule has 0 atom stereocenters. The molecule has 2 saturated heterocycles. The van der Waals surface area contributed by atoms with E-state index in [9.17, 15) is 4.79 Å². The molecule has 0 aliphatic carbocycles. The Labute approximate surface area is 124 Å². The molecule has 0 bridgehead atoms. The van der Waals surface area contributed by atoms with Crippen molar-refractivity contribution in [1.29, 1.82) is 5.26 Å². The first-order valence-electron chi connectivity index (χ1n) is 7.39. The molecule has 0 aromatic carbocycles. The lowest BCUT2D eigenvalue weighted by Gasteiger charge is -2.31. The second-order valence-corrected chi connectivity index (χ2v) is 5.54. The van der Waals surface area contributed by atoms with Crippen molar-refractivity contribution in [2.75, 3.05) is 26.2 Å². The van der Waals surface area contributed by atoms with Crippen molar-refractivity contribution in [2.45, 2.75) is 25.4 Å². The van der Waals surface area contributed by atoms with Crippen molar-refractivity contribution in [2.24, 2.45) is 0 Å². The van der Waals surface area contributed by atoms with Crippen LogP contribution in [0.15, 0.2) is 18.3 Å². The molecule has 110 valence electrons. The number of pyridine rings is 1. The van der Waals surface area contributed by atoms with Gasteiger partial charge in [0.05, 0.1) is 0 Å². The number of urea groups is 1. The van der Waals surface area contributed by atoms with Crippen molar-refractivity contribution in [1.82, 2.24) is 20.1 Å². The highest BCUT2D eigenvalue weighted by Gasteiger charge is 2.33. The predicted octanol–water partition coefficient (Wildman–Crippen LogP) is 0.943. The van der Waals surface area contributed by atoms with Gasteiger partial charge in [0.2, 0.25) is 0 Å². The summed E-state index contributed by atoms with van der Waals surface area (Å²) in [5.74, 6) is 0. The topological polar surface area (TPSA) is 72.3 Å². The number of aromatic nitrogens is 1. The Hall–Kier alpha value is -2.13. The number of amides is 2. The first-order chi connectivity index (χ1) is 10.3. The zero-order chi connectivity index (χ0) is 14.7. The van der Waals surface area contributed by atoms with E-state index < -0.39 is 0 Å². The molecular weight excluding hydrogens is 266 g/mol. The summed E-state index contributed by atoms with van der Waals surface area (Å²) in [5.41, 5.74) is 1.36. The number of piperidine rings is 1. The first-order valence-corrected chi connectivity index (χ1v) is 7.39. The normalized spacial score (nSPS) is 19.9. The molecule has 1 aromatic rings. The number of hydrogen-bond acceptors (Lipinski definition) is 4. The minimum atomic E-state index is 0.122. The number of hydrogen-bond donors (Lipinski definition) is 1. The van der Waals surface area contributed by atoms with E-state index in [1.165, 1.54) is 0 Å². The third-order valence-electron chi connectivity index (χ3n) is 4.19. The fraction of sp³-hybridized carbons (Fsp3) is 0.533. The highest BCUT2D eigenvalue weighted by atomic mass is 16.2. The lowest BCUT2D eigenvalue weighted by atomic mass is 10.1. The highest BCUT2D eigenvalue weighted by molar-refractivity contribution is 5.77. The molecule has 21 heavy (non-hydrogen) atoms. The van der Waals surface area contributed by atoms with E-state index in [4.69, 9.17) is 5.26 Å². The third kappa shape index (κ3) is 2.98. The average molecular weight is 285 g/mol. The number of carbonyl (C=O) groups is 1. The molecule has 2 aliphatic heterocycles. The summed E-state index contributed by atoms with van der Waals surface area (Å²) in [5, 5.41) is 12.2. The molecule has 1 aromatic heterocycles. The van der Waals surface area contributed by atoms with Crippen LogP contribution in [-0.2, 0) is 6.54 Å². The molecule has 6 heteroatoms.